The second-order valence-electron chi connectivity index (χ2n) is 4.23. The molecule has 0 radical (unpaired) electrons. The van der Waals surface area contributed by atoms with E-state index in [-0.39, 0.29) is 0 Å². The van der Waals surface area contributed by atoms with Crippen molar-refractivity contribution in [3.63, 3.8) is 0 Å². The molecule has 0 amide bonds. The van der Waals surface area contributed by atoms with Gasteiger partial charge in [0, 0.05) is 0 Å². The van der Waals surface area contributed by atoms with Gasteiger partial charge in [0.1, 0.15) is 0 Å². The van der Waals surface area contributed by atoms with Crippen molar-refractivity contribution in [3.8, 4) is 0 Å². The number of halogens is 12. The van der Waals surface area contributed by atoms with E-state index in [0.29, 0.717) is 6.08 Å². The summed E-state index contributed by atoms with van der Waals surface area (Å²) in [5.74, 6) is 0. The highest BCUT2D eigenvalue weighted by molar-refractivity contribution is 5.11. The molecule has 0 N–H and O–H groups in total. The van der Waals surface area contributed by atoms with Crippen LogP contribution in [0.25, 0.3) is 0 Å². The first kappa shape index (κ1) is 21.9. The SMILES string of the molecule is C=CCOCC(F)(C(F)C(F)(C(F)(F)F)C(F)(F)F)C(F)(F)F. The van der Waals surface area contributed by atoms with Crippen LogP contribution in [0.4, 0.5) is 52.7 Å². The highest BCUT2D eigenvalue weighted by Gasteiger charge is 2.83. The van der Waals surface area contributed by atoms with Gasteiger partial charge in [-0.05, 0) is 0 Å². The Morgan fingerprint density at radius 2 is 1.17 bits per heavy atom. The maximum absolute atomic E-state index is 13.7. The van der Waals surface area contributed by atoms with Gasteiger partial charge in [-0.1, -0.05) is 6.08 Å². The lowest BCUT2D eigenvalue weighted by molar-refractivity contribution is -0.384. The second kappa shape index (κ2) is 6.40. The third-order valence-electron chi connectivity index (χ3n) is 2.60. The third-order valence-corrected chi connectivity index (χ3v) is 2.60. The van der Waals surface area contributed by atoms with Crippen molar-refractivity contribution in [2.45, 2.75) is 36.0 Å². The van der Waals surface area contributed by atoms with Crippen LogP contribution in [-0.2, 0) is 4.74 Å². The van der Waals surface area contributed by atoms with E-state index in [1.165, 1.54) is 0 Å². The molecule has 0 spiro atoms. The molecule has 0 aromatic heterocycles. The van der Waals surface area contributed by atoms with Crippen molar-refractivity contribution in [1.82, 2.24) is 0 Å². The molecular weight excluding hydrogens is 364 g/mol. The van der Waals surface area contributed by atoms with Crippen LogP contribution in [0.15, 0.2) is 12.7 Å². The minimum absolute atomic E-state index is 0.653. The molecule has 23 heavy (non-hydrogen) atoms. The fourth-order valence-corrected chi connectivity index (χ4v) is 1.35. The van der Waals surface area contributed by atoms with Gasteiger partial charge in [-0.15, -0.1) is 6.58 Å². The van der Waals surface area contributed by atoms with Gasteiger partial charge >= 0.3 is 24.2 Å². The first-order valence-corrected chi connectivity index (χ1v) is 5.37. The first-order valence-electron chi connectivity index (χ1n) is 5.37. The highest BCUT2D eigenvalue weighted by Crippen LogP contribution is 2.55. The minimum Gasteiger partial charge on any atom is -0.374 e. The van der Waals surface area contributed by atoms with E-state index in [9.17, 15) is 52.7 Å². The van der Waals surface area contributed by atoms with E-state index < -0.39 is 49.3 Å². The molecule has 138 valence electrons. The quantitative estimate of drug-likeness (QED) is 0.375. The fraction of sp³-hybridized carbons (Fsp3) is 0.800. The van der Waals surface area contributed by atoms with E-state index >= 15 is 0 Å². The van der Waals surface area contributed by atoms with Gasteiger partial charge in [0.2, 0.25) is 0 Å². The van der Waals surface area contributed by atoms with Gasteiger partial charge in [-0.2, -0.15) is 39.5 Å². The van der Waals surface area contributed by atoms with Crippen LogP contribution < -0.4 is 0 Å². The zero-order chi connectivity index (χ0) is 18.9. The van der Waals surface area contributed by atoms with Crippen LogP contribution >= 0.6 is 0 Å². The van der Waals surface area contributed by atoms with E-state index in [0.717, 1.165) is 0 Å². The Morgan fingerprint density at radius 3 is 1.43 bits per heavy atom. The largest absolute Gasteiger partial charge is 0.434 e. The Hall–Kier alpha value is -1.14. The zero-order valence-corrected chi connectivity index (χ0v) is 10.7. The monoisotopic (exact) mass is 372 g/mol. The summed E-state index contributed by atoms with van der Waals surface area (Å²) in [4.78, 5) is 0. The van der Waals surface area contributed by atoms with Crippen LogP contribution in [0.5, 0.6) is 0 Å². The summed E-state index contributed by atoms with van der Waals surface area (Å²) in [5, 5.41) is 0. The smallest absolute Gasteiger partial charge is 0.374 e. The molecule has 0 aliphatic rings. The Bertz CT molecular complexity index is 394. The predicted octanol–water partition coefficient (Wildman–Crippen LogP) is 4.63. The molecule has 0 saturated carbocycles. The molecule has 0 heterocycles. The Kier molecular flexibility index (Phi) is 6.08. The molecule has 2 atom stereocenters. The van der Waals surface area contributed by atoms with Gasteiger partial charge in [0.25, 0.3) is 5.67 Å². The van der Waals surface area contributed by atoms with Crippen molar-refractivity contribution in [1.29, 1.82) is 0 Å². The average Bonchev–Trinajstić information content (AvgIpc) is 2.32. The molecule has 2 unspecified atom stereocenters. The molecule has 0 bridgehead atoms. The lowest BCUT2D eigenvalue weighted by atomic mass is 9.85. The lowest BCUT2D eigenvalue weighted by Gasteiger charge is -2.39. The molecule has 13 heteroatoms. The zero-order valence-electron chi connectivity index (χ0n) is 10.7. The van der Waals surface area contributed by atoms with E-state index in [1.807, 2.05) is 0 Å². The van der Waals surface area contributed by atoms with Gasteiger partial charge < -0.3 is 4.74 Å². The predicted molar refractivity (Wildman–Crippen MR) is 51.8 cm³/mol. The molecule has 0 aliphatic carbocycles. The van der Waals surface area contributed by atoms with Crippen molar-refractivity contribution < 1.29 is 57.4 Å². The number of ether oxygens (including phenoxy) is 1. The first-order chi connectivity index (χ1) is 9.97. The summed E-state index contributed by atoms with van der Waals surface area (Å²) in [6.45, 7) is -0.746. The minimum atomic E-state index is -7.20. The second-order valence-corrected chi connectivity index (χ2v) is 4.23. The summed E-state index contributed by atoms with van der Waals surface area (Å²) in [5.41, 5.74) is -13.0. The maximum atomic E-state index is 13.7. The molecule has 0 fully saturated rings. The van der Waals surface area contributed by atoms with Gasteiger partial charge in [-0.3, -0.25) is 0 Å². The molecule has 0 aromatic carbocycles. The van der Waals surface area contributed by atoms with Gasteiger partial charge in [0.05, 0.1) is 13.2 Å². The topological polar surface area (TPSA) is 9.23 Å². The normalized spacial score (nSPS) is 18.4. The van der Waals surface area contributed by atoms with Crippen LogP contribution in [0, 0.1) is 0 Å². The van der Waals surface area contributed by atoms with Crippen LogP contribution in [0.1, 0.15) is 0 Å². The fourth-order valence-electron chi connectivity index (χ4n) is 1.35. The summed E-state index contributed by atoms with van der Waals surface area (Å²) >= 11 is 0. The van der Waals surface area contributed by atoms with Crippen molar-refractivity contribution >= 4 is 0 Å². The summed E-state index contributed by atoms with van der Waals surface area (Å²) in [6, 6.07) is 0. The van der Waals surface area contributed by atoms with Crippen molar-refractivity contribution in [3.05, 3.63) is 12.7 Å². The van der Waals surface area contributed by atoms with Crippen molar-refractivity contribution in [2.75, 3.05) is 13.2 Å². The average molecular weight is 372 g/mol. The summed E-state index contributed by atoms with van der Waals surface area (Å²) in [7, 11) is 0. The van der Waals surface area contributed by atoms with E-state index in [4.69, 9.17) is 0 Å². The number of rotatable bonds is 6. The Morgan fingerprint density at radius 1 is 0.783 bits per heavy atom. The van der Waals surface area contributed by atoms with Gasteiger partial charge in [-0.25, -0.2) is 13.2 Å². The Labute approximate surface area is 120 Å². The number of hydrogen-bond donors (Lipinski definition) is 0. The van der Waals surface area contributed by atoms with Crippen LogP contribution in [-0.4, -0.2) is 49.3 Å². The summed E-state index contributed by atoms with van der Waals surface area (Å²) < 4.78 is 155. The highest BCUT2D eigenvalue weighted by atomic mass is 19.4. The van der Waals surface area contributed by atoms with Crippen LogP contribution in [0.2, 0.25) is 0 Å². The van der Waals surface area contributed by atoms with Crippen LogP contribution in [0.3, 0.4) is 0 Å². The standard InChI is InChI=1S/C10H8F12O/c1-2-3-23-4-6(12,8(14,15)16)5(11)7(13,9(17,18)19)10(20,21)22/h2,5H,1,3-4H2. The lowest BCUT2D eigenvalue weighted by Crippen LogP contribution is -2.69. The van der Waals surface area contributed by atoms with E-state index in [1.54, 1.807) is 0 Å². The Balaban J connectivity index is 6.10. The molecule has 0 saturated heterocycles. The molecular formula is C10H8F12O. The molecule has 1 nitrogen and oxygen atoms in total. The molecule has 0 aliphatic heterocycles. The van der Waals surface area contributed by atoms with Crippen molar-refractivity contribution in [2.24, 2.45) is 0 Å². The van der Waals surface area contributed by atoms with E-state index in [2.05, 4.69) is 11.3 Å². The maximum Gasteiger partial charge on any atom is 0.434 e. The number of alkyl halides is 12. The number of hydrogen-bond acceptors (Lipinski definition) is 1. The molecule has 0 aromatic rings. The summed E-state index contributed by atoms with van der Waals surface area (Å²) in [6.07, 6.45) is -26.1. The van der Waals surface area contributed by atoms with Gasteiger partial charge in [0.15, 0.2) is 6.17 Å². The molecule has 0 rings (SSSR count). The third kappa shape index (κ3) is 3.86.